The molecule has 0 heterocycles. The Morgan fingerprint density at radius 1 is 1.50 bits per heavy atom. The number of hydrogen-bond acceptors (Lipinski definition) is 6. The molecule has 1 rings (SSSR count). The summed E-state index contributed by atoms with van der Waals surface area (Å²) < 4.78 is 10.4. The van der Waals surface area contributed by atoms with E-state index in [1.165, 1.54) is 12.1 Å². The molecular weight excluding hydrogens is 264 g/mol. The van der Waals surface area contributed by atoms with Crippen molar-refractivity contribution < 1.29 is 19.2 Å². The predicted octanol–water partition coefficient (Wildman–Crippen LogP) is 1.43. The van der Waals surface area contributed by atoms with E-state index in [4.69, 9.17) is 9.47 Å². The van der Waals surface area contributed by atoms with Crippen LogP contribution in [0.4, 0.5) is 5.69 Å². The molecule has 0 spiro atoms. The first-order valence-electron chi connectivity index (χ1n) is 6.21. The first kappa shape index (κ1) is 15.9. The summed E-state index contributed by atoms with van der Waals surface area (Å²) >= 11 is 0. The molecule has 0 aliphatic carbocycles. The number of nitro groups is 1. The summed E-state index contributed by atoms with van der Waals surface area (Å²) in [5.41, 5.74) is 0.706. The van der Waals surface area contributed by atoms with Gasteiger partial charge in [0.05, 0.1) is 17.6 Å². The zero-order chi connectivity index (χ0) is 15.1. The number of carbonyl (C=O) groups is 1. The number of nitrogens with one attached hydrogen (secondary N) is 1. The SMILES string of the molecule is CCOC(=O)C(COc1cc([N+](=O)[O-])ccc1C)NC. The van der Waals surface area contributed by atoms with Gasteiger partial charge in [0.15, 0.2) is 0 Å². The molecule has 0 saturated heterocycles. The molecule has 1 N–H and O–H groups in total. The van der Waals surface area contributed by atoms with Crippen LogP contribution in [0.3, 0.4) is 0 Å². The lowest BCUT2D eigenvalue weighted by atomic mass is 10.2. The van der Waals surface area contributed by atoms with Gasteiger partial charge in [0.25, 0.3) is 5.69 Å². The van der Waals surface area contributed by atoms with Crippen LogP contribution in [0, 0.1) is 17.0 Å². The van der Waals surface area contributed by atoms with Gasteiger partial charge in [-0.3, -0.25) is 14.9 Å². The van der Waals surface area contributed by atoms with E-state index < -0.39 is 16.9 Å². The minimum absolute atomic E-state index is 0.0390. The number of likely N-dealkylation sites (N-methyl/N-ethyl adjacent to an activating group) is 1. The Balaban J connectivity index is 2.75. The van der Waals surface area contributed by atoms with E-state index in [0.29, 0.717) is 5.75 Å². The molecule has 0 aliphatic heterocycles. The molecule has 0 fully saturated rings. The highest BCUT2D eigenvalue weighted by Crippen LogP contribution is 2.24. The maximum Gasteiger partial charge on any atom is 0.326 e. The second kappa shape index (κ2) is 7.44. The highest BCUT2D eigenvalue weighted by atomic mass is 16.6. The van der Waals surface area contributed by atoms with Crippen molar-refractivity contribution in [2.24, 2.45) is 0 Å². The smallest absolute Gasteiger partial charge is 0.326 e. The Kier molecular flexibility index (Phi) is 5.92. The van der Waals surface area contributed by atoms with E-state index in [2.05, 4.69) is 5.32 Å². The lowest BCUT2D eigenvalue weighted by molar-refractivity contribution is -0.384. The fourth-order valence-electron chi connectivity index (χ4n) is 1.54. The Bertz CT molecular complexity index is 490. The van der Waals surface area contributed by atoms with Gasteiger partial charge in [0, 0.05) is 6.07 Å². The maximum atomic E-state index is 11.6. The summed E-state index contributed by atoms with van der Waals surface area (Å²) in [4.78, 5) is 21.8. The Morgan fingerprint density at radius 2 is 2.20 bits per heavy atom. The average Bonchev–Trinajstić information content (AvgIpc) is 2.41. The molecule has 0 aliphatic rings. The first-order valence-corrected chi connectivity index (χ1v) is 6.21. The Hall–Kier alpha value is -2.15. The van der Waals surface area contributed by atoms with Crippen LogP contribution >= 0.6 is 0 Å². The van der Waals surface area contributed by atoms with Gasteiger partial charge < -0.3 is 14.8 Å². The lowest BCUT2D eigenvalue weighted by Crippen LogP contribution is -2.40. The van der Waals surface area contributed by atoms with Crippen LogP contribution in [-0.4, -0.2) is 37.2 Å². The number of rotatable bonds is 7. The van der Waals surface area contributed by atoms with Crippen LogP contribution in [0.2, 0.25) is 0 Å². The summed E-state index contributed by atoms with van der Waals surface area (Å²) in [6, 6.07) is 3.73. The van der Waals surface area contributed by atoms with Gasteiger partial charge in [-0.15, -0.1) is 0 Å². The number of nitro benzene ring substituents is 1. The monoisotopic (exact) mass is 282 g/mol. The van der Waals surface area contributed by atoms with Crippen molar-refractivity contribution >= 4 is 11.7 Å². The first-order chi connectivity index (χ1) is 9.49. The molecule has 20 heavy (non-hydrogen) atoms. The van der Waals surface area contributed by atoms with Crippen LogP contribution < -0.4 is 10.1 Å². The van der Waals surface area contributed by atoms with Gasteiger partial charge in [-0.25, -0.2) is 0 Å². The van der Waals surface area contributed by atoms with E-state index in [-0.39, 0.29) is 18.9 Å². The number of carbonyl (C=O) groups excluding carboxylic acids is 1. The summed E-state index contributed by atoms with van der Waals surface area (Å²) in [7, 11) is 1.62. The van der Waals surface area contributed by atoms with Crippen molar-refractivity contribution in [1.82, 2.24) is 5.32 Å². The van der Waals surface area contributed by atoms with Gasteiger partial charge in [-0.2, -0.15) is 0 Å². The van der Waals surface area contributed by atoms with Crippen molar-refractivity contribution in [2.45, 2.75) is 19.9 Å². The van der Waals surface area contributed by atoms with Crippen molar-refractivity contribution in [3.63, 3.8) is 0 Å². The third-order valence-corrected chi connectivity index (χ3v) is 2.71. The largest absolute Gasteiger partial charge is 0.491 e. The van der Waals surface area contributed by atoms with E-state index in [1.807, 2.05) is 0 Å². The third-order valence-electron chi connectivity index (χ3n) is 2.71. The molecule has 1 aromatic carbocycles. The highest BCUT2D eigenvalue weighted by molar-refractivity contribution is 5.75. The van der Waals surface area contributed by atoms with E-state index in [1.54, 1.807) is 27.0 Å². The fourth-order valence-corrected chi connectivity index (χ4v) is 1.54. The second-order valence-corrected chi connectivity index (χ2v) is 4.11. The Labute approximate surface area is 117 Å². The number of esters is 1. The van der Waals surface area contributed by atoms with Crippen molar-refractivity contribution in [3.05, 3.63) is 33.9 Å². The van der Waals surface area contributed by atoms with Crippen molar-refractivity contribution in [2.75, 3.05) is 20.3 Å². The molecule has 1 unspecified atom stereocenters. The number of nitrogens with zero attached hydrogens (tertiary/aromatic N) is 1. The molecule has 7 heteroatoms. The van der Waals surface area contributed by atoms with E-state index in [0.717, 1.165) is 5.56 Å². The topological polar surface area (TPSA) is 90.7 Å². The minimum atomic E-state index is -0.617. The second-order valence-electron chi connectivity index (χ2n) is 4.11. The molecule has 1 aromatic rings. The van der Waals surface area contributed by atoms with Crippen LogP contribution in [0.15, 0.2) is 18.2 Å². The highest BCUT2D eigenvalue weighted by Gasteiger charge is 2.19. The number of non-ortho nitro benzene ring substituents is 1. The summed E-state index contributed by atoms with van der Waals surface area (Å²) in [5.74, 6) is -0.0400. The van der Waals surface area contributed by atoms with E-state index >= 15 is 0 Å². The van der Waals surface area contributed by atoms with Crippen LogP contribution in [0.1, 0.15) is 12.5 Å². The van der Waals surface area contributed by atoms with Gasteiger partial charge in [-0.1, -0.05) is 0 Å². The molecule has 1 atom stereocenters. The standard InChI is InChI=1S/C13H18N2O5/c1-4-19-13(16)11(14-3)8-20-12-7-10(15(17)18)6-5-9(12)2/h5-7,11,14H,4,8H2,1-3H3. The molecule has 0 saturated carbocycles. The summed E-state index contributed by atoms with van der Waals surface area (Å²) in [6.07, 6.45) is 0. The fraction of sp³-hybridized carbons (Fsp3) is 0.462. The number of benzene rings is 1. The molecule has 110 valence electrons. The predicted molar refractivity (Wildman–Crippen MR) is 72.8 cm³/mol. The summed E-state index contributed by atoms with van der Waals surface area (Å²) in [6.45, 7) is 3.82. The molecule has 0 bridgehead atoms. The molecule has 0 amide bonds. The van der Waals surface area contributed by atoms with Crippen LogP contribution in [-0.2, 0) is 9.53 Å². The van der Waals surface area contributed by atoms with E-state index in [9.17, 15) is 14.9 Å². The van der Waals surface area contributed by atoms with Crippen LogP contribution in [0.5, 0.6) is 5.75 Å². The normalized spacial score (nSPS) is 11.8. The quantitative estimate of drug-likeness (QED) is 0.462. The minimum Gasteiger partial charge on any atom is -0.491 e. The molecule has 0 radical (unpaired) electrons. The zero-order valence-electron chi connectivity index (χ0n) is 11.7. The third kappa shape index (κ3) is 4.20. The van der Waals surface area contributed by atoms with Crippen molar-refractivity contribution in [3.8, 4) is 5.75 Å². The number of ether oxygens (including phenoxy) is 2. The van der Waals surface area contributed by atoms with Gasteiger partial charge in [0.2, 0.25) is 0 Å². The number of hydrogen-bond donors (Lipinski definition) is 1. The molecular formula is C13H18N2O5. The molecule has 7 nitrogen and oxygen atoms in total. The lowest BCUT2D eigenvalue weighted by Gasteiger charge is -2.16. The van der Waals surface area contributed by atoms with Gasteiger partial charge in [-0.05, 0) is 32.5 Å². The average molecular weight is 282 g/mol. The van der Waals surface area contributed by atoms with Gasteiger partial charge >= 0.3 is 5.97 Å². The summed E-state index contributed by atoms with van der Waals surface area (Å²) in [5, 5.41) is 13.5. The Morgan fingerprint density at radius 3 is 2.75 bits per heavy atom. The zero-order valence-corrected chi connectivity index (χ0v) is 11.7. The van der Waals surface area contributed by atoms with Crippen LogP contribution in [0.25, 0.3) is 0 Å². The number of aryl methyl sites for hydroxylation is 1. The molecule has 0 aromatic heterocycles. The van der Waals surface area contributed by atoms with Crippen molar-refractivity contribution in [1.29, 1.82) is 0 Å². The van der Waals surface area contributed by atoms with Gasteiger partial charge in [0.1, 0.15) is 18.4 Å². The maximum absolute atomic E-state index is 11.6.